The molecular formula is C23H39FN2O. The lowest BCUT2D eigenvalue weighted by atomic mass is 10.1. The number of halogens is 1. The molecule has 2 saturated carbocycles. The van der Waals surface area contributed by atoms with Gasteiger partial charge in [0.2, 0.25) is 0 Å². The summed E-state index contributed by atoms with van der Waals surface area (Å²) in [5.74, 6) is 0.764. The molecule has 0 amide bonds. The third-order valence-electron chi connectivity index (χ3n) is 4.57. The van der Waals surface area contributed by atoms with Gasteiger partial charge in [-0.3, -0.25) is 5.43 Å². The monoisotopic (exact) mass is 378 g/mol. The first-order valence-corrected chi connectivity index (χ1v) is 10.8. The molecule has 0 aliphatic heterocycles. The Morgan fingerprint density at radius 2 is 1.85 bits per heavy atom. The molecule has 3 rings (SSSR count). The van der Waals surface area contributed by atoms with Crippen LogP contribution in [0.4, 0.5) is 4.39 Å². The van der Waals surface area contributed by atoms with Gasteiger partial charge in [0.1, 0.15) is 0 Å². The van der Waals surface area contributed by atoms with E-state index in [-0.39, 0.29) is 11.4 Å². The zero-order valence-electron chi connectivity index (χ0n) is 17.9. The average molecular weight is 379 g/mol. The molecule has 3 nitrogen and oxygen atoms in total. The third kappa shape index (κ3) is 8.02. The summed E-state index contributed by atoms with van der Waals surface area (Å²) in [5, 5.41) is 0. The number of rotatable bonds is 10. The largest absolute Gasteiger partial charge is 0.490 e. The van der Waals surface area contributed by atoms with Gasteiger partial charge in [0.25, 0.3) is 0 Å². The standard InChI is InChI=1S/C19H27FN2O.2C2H6/c1-2-3-4-5-12-21-22-19(10-11-19)16-8-9-17(20)18(13-16)23-14-15-6-7-15;2*1-2/h3-4,8-9,13,15,21-22H,2,5-7,10-12,14H2,1H3;2*1-2H3/b4-3-;;. The summed E-state index contributed by atoms with van der Waals surface area (Å²) in [6, 6.07) is 5.28. The van der Waals surface area contributed by atoms with Crippen molar-refractivity contribution in [2.24, 2.45) is 5.92 Å². The Labute approximate surface area is 165 Å². The second-order valence-corrected chi connectivity index (χ2v) is 6.70. The van der Waals surface area contributed by atoms with E-state index in [0.717, 1.165) is 37.8 Å². The van der Waals surface area contributed by atoms with Gasteiger partial charge in [0.15, 0.2) is 11.6 Å². The first-order chi connectivity index (χ1) is 13.2. The van der Waals surface area contributed by atoms with Crippen LogP contribution in [0.5, 0.6) is 5.75 Å². The average Bonchev–Trinajstić information content (AvgIpc) is 3.63. The van der Waals surface area contributed by atoms with Gasteiger partial charge in [0, 0.05) is 6.54 Å². The van der Waals surface area contributed by atoms with Crippen LogP contribution in [0.2, 0.25) is 0 Å². The molecule has 0 radical (unpaired) electrons. The zero-order valence-corrected chi connectivity index (χ0v) is 17.9. The number of benzene rings is 1. The van der Waals surface area contributed by atoms with E-state index in [0.29, 0.717) is 18.3 Å². The molecule has 1 aromatic rings. The van der Waals surface area contributed by atoms with Gasteiger partial charge in [-0.25, -0.2) is 9.82 Å². The van der Waals surface area contributed by atoms with E-state index in [1.54, 1.807) is 0 Å². The summed E-state index contributed by atoms with van der Waals surface area (Å²) >= 11 is 0. The molecule has 2 aliphatic carbocycles. The lowest BCUT2D eigenvalue weighted by molar-refractivity contribution is 0.284. The molecular weight excluding hydrogens is 339 g/mol. The van der Waals surface area contributed by atoms with Crippen molar-refractivity contribution in [2.75, 3.05) is 13.2 Å². The van der Waals surface area contributed by atoms with Gasteiger partial charge in [-0.1, -0.05) is 52.8 Å². The van der Waals surface area contributed by atoms with Gasteiger partial charge in [-0.2, -0.15) is 0 Å². The lowest BCUT2D eigenvalue weighted by Crippen LogP contribution is -2.41. The minimum Gasteiger partial charge on any atom is -0.490 e. The van der Waals surface area contributed by atoms with Gasteiger partial charge in [0.05, 0.1) is 12.1 Å². The topological polar surface area (TPSA) is 33.3 Å². The highest BCUT2D eigenvalue weighted by Gasteiger charge is 2.44. The number of hydrazine groups is 1. The summed E-state index contributed by atoms with van der Waals surface area (Å²) in [6.07, 6.45) is 11.0. The minimum absolute atomic E-state index is 0.0557. The molecule has 0 bridgehead atoms. The predicted octanol–water partition coefficient (Wildman–Crippen LogP) is 6.11. The summed E-state index contributed by atoms with van der Waals surface area (Å²) in [4.78, 5) is 0. The summed E-state index contributed by atoms with van der Waals surface area (Å²) in [5.41, 5.74) is 7.79. The van der Waals surface area contributed by atoms with Crippen molar-refractivity contribution in [1.82, 2.24) is 10.9 Å². The maximum atomic E-state index is 13.9. The van der Waals surface area contributed by atoms with Crippen molar-refractivity contribution in [2.45, 2.75) is 78.7 Å². The van der Waals surface area contributed by atoms with Crippen LogP contribution in [-0.2, 0) is 5.54 Å². The summed E-state index contributed by atoms with van der Waals surface area (Å²) in [7, 11) is 0. The van der Waals surface area contributed by atoms with Crippen molar-refractivity contribution in [3.05, 3.63) is 41.7 Å². The van der Waals surface area contributed by atoms with E-state index < -0.39 is 0 Å². The van der Waals surface area contributed by atoms with Crippen LogP contribution >= 0.6 is 0 Å². The Kier molecular flexibility index (Phi) is 11.3. The Balaban J connectivity index is 0.000000855. The fraction of sp³-hybridized carbons (Fsp3) is 0.652. The molecule has 0 heterocycles. The maximum Gasteiger partial charge on any atom is 0.165 e. The Morgan fingerprint density at radius 3 is 2.44 bits per heavy atom. The molecule has 0 saturated heterocycles. The quantitative estimate of drug-likeness (QED) is 0.293. The highest BCUT2D eigenvalue weighted by atomic mass is 19.1. The highest BCUT2D eigenvalue weighted by Crippen LogP contribution is 2.46. The number of nitrogens with one attached hydrogen (secondary N) is 2. The van der Waals surface area contributed by atoms with Gasteiger partial charge in [-0.05, 0) is 62.1 Å². The number of allylic oxidation sites excluding steroid dienone is 1. The molecule has 0 aromatic heterocycles. The number of hydrogen-bond donors (Lipinski definition) is 2. The molecule has 27 heavy (non-hydrogen) atoms. The number of ether oxygens (including phenoxy) is 1. The normalized spacial score (nSPS) is 16.8. The smallest absolute Gasteiger partial charge is 0.165 e. The van der Waals surface area contributed by atoms with E-state index in [4.69, 9.17) is 4.74 Å². The van der Waals surface area contributed by atoms with Crippen LogP contribution in [0, 0.1) is 11.7 Å². The van der Waals surface area contributed by atoms with Crippen molar-refractivity contribution < 1.29 is 9.13 Å². The third-order valence-corrected chi connectivity index (χ3v) is 4.57. The molecule has 2 fully saturated rings. The fourth-order valence-corrected chi connectivity index (χ4v) is 2.69. The maximum absolute atomic E-state index is 13.9. The molecule has 154 valence electrons. The van der Waals surface area contributed by atoms with Crippen LogP contribution in [0.3, 0.4) is 0 Å². The van der Waals surface area contributed by atoms with E-state index >= 15 is 0 Å². The molecule has 0 atom stereocenters. The number of hydrogen-bond acceptors (Lipinski definition) is 3. The van der Waals surface area contributed by atoms with Crippen LogP contribution in [0.1, 0.15) is 78.7 Å². The minimum atomic E-state index is -0.261. The van der Waals surface area contributed by atoms with Crippen LogP contribution in [0.15, 0.2) is 30.4 Å². The van der Waals surface area contributed by atoms with Crippen LogP contribution in [-0.4, -0.2) is 13.2 Å². The Bertz CT molecular complexity index is 551. The van der Waals surface area contributed by atoms with E-state index in [2.05, 4.69) is 29.9 Å². The highest BCUT2D eigenvalue weighted by molar-refractivity contribution is 5.37. The first kappa shape index (κ1) is 23.6. The fourth-order valence-electron chi connectivity index (χ4n) is 2.69. The van der Waals surface area contributed by atoms with Crippen LogP contribution < -0.4 is 15.6 Å². The van der Waals surface area contributed by atoms with Crippen molar-refractivity contribution >= 4 is 0 Å². The SMILES string of the molecule is CC.CC.CC/C=C\CCNNC1(c2ccc(F)c(OCC3CC3)c2)CC1. The predicted molar refractivity (Wildman–Crippen MR) is 113 cm³/mol. The first-order valence-electron chi connectivity index (χ1n) is 10.8. The molecule has 4 heteroatoms. The second kappa shape index (κ2) is 12.9. The van der Waals surface area contributed by atoms with E-state index in [1.807, 2.05) is 39.8 Å². The van der Waals surface area contributed by atoms with E-state index in [1.165, 1.54) is 18.9 Å². The van der Waals surface area contributed by atoms with Crippen molar-refractivity contribution in [3.63, 3.8) is 0 Å². The lowest BCUT2D eigenvalue weighted by Gasteiger charge is -2.19. The summed E-state index contributed by atoms with van der Waals surface area (Å²) < 4.78 is 19.6. The summed E-state index contributed by atoms with van der Waals surface area (Å²) in [6.45, 7) is 11.7. The van der Waals surface area contributed by atoms with Crippen molar-refractivity contribution in [1.29, 1.82) is 0 Å². The molecule has 0 unspecified atom stereocenters. The Hall–Kier alpha value is -1.39. The molecule has 0 spiro atoms. The molecule has 2 N–H and O–H groups in total. The Morgan fingerprint density at radius 1 is 1.15 bits per heavy atom. The van der Waals surface area contributed by atoms with E-state index in [9.17, 15) is 4.39 Å². The zero-order chi connectivity index (χ0) is 20.1. The van der Waals surface area contributed by atoms with Gasteiger partial charge < -0.3 is 4.74 Å². The molecule has 1 aromatic carbocycles. The van der Waals surface area contributed by atoms with Crippen LogP contribution in [0.25, 0.3) is 0 Å². The van der Waals surface area contributed by atoms with Gasteiger partial charge >= 0.3 is 0 Å². The second-order valence-electron chi connectivity index (χ2n) is 6.70. The van der Waals surface area contributed by atoms with Gasteiger partial charge in [-0.15, -0.1) is 0 Å². The molecule has 2 aliphatic rings. The van der Waals surface area contributed by atoms with Crippen molar-refractivity contribution in [3.8, 4) is 5.75 Å².